The maximum absolute atomic E-state index is 5.33. The standard InChI is InChI=1S/C15H22N2O2S/c1-2-3-4-5-6-9-16-15(20)17-12-7-8-13-14(10-12)19-11-18-13/h7-8,10H,2-6,9,11H2,1H3,(H2,16,17,20). The fourth-order valence-corrected chi connectivity index (χ4v) is 2.30. The molecule has 1 heterocycles. The van der Waals surface area contributed by atoms with Crippen molar-refractivity contribution in [1.29, 1.82) is 0 Å². The Labute approximate surface area is 125 Å². The average molecular weight is 294 g/mol. The molecule has 0 saturated carbocycles. The monoisotopic (exact) mass is 294 g/mol. The van der Waals surface area contributed by atoms with Crippen molar-refractivity contribution in [3.05, 3.63) is 18.2 Å². The van der Waals surface area contributed by atoms with Gasteiger partial charge in [-0.15, -0.1) is 0 Å². The summed E-state index contributed by atoms with van der Waals surface area (Å²) in [5.41, 5.74) is 0.915. The molecule has 4 nitrogen and oxygen atoms in total. The number of benzene rings is 1. The van der Waals surface area contributed by atoms with Crippen LogP contribution >= 0.6 is 12.2 Å². The van der Waals surface area contributed by atoms with Crippen molar-refractivity contribution in [3.63, 3.8) is 0 Å². The topological polar surface area (TPSA) is 42.5 Å². The molecule has 1 aromatic rings. The summed E-state index contributed by atoms with van der Waals surface area (Å²) < 4.78 is 10.6. The second-order valence-corrected chi connectivity index (χ2v) is 5.27. The zero-order chi connectivity index (χ0) is 14.2. The Morgan fingerprint density at radius 1 is 1.15 bits per heavy atom. The largest absolute Gasteiger partial charge is 0.454 e. The van der Waals surface area contributed by atoms with Crippen LogP contribution in [-0.4, -0.2) is 18.5 Å². The summed E-state index contributed by atoms with van der Waals surface area (Å²) in [6, 6.07) is 5.72. The van der Waals surface area contributed by atoms with Crippen molar-refractivity contribution in [2.75, 3.05) is 18.7 Å². The number of hydrogen-bond acceptors (Lipinski definition) is 3. The quantitative estimate of drug-likeness (QED) is 0.593. The minimum absolute atomic E-state index is 0.291. The Morgan fingerprint density at radius 3 is 2.80 bits per heavy atom. The van der Waals surface area contributed by atoms with Crippen molar-refractivity contribution in [2.24, 2.45) is 0 Å². The first-order chi connectivity index (χ1) is 9.79. The minimum atomic E-state index is 0.291. The van der Waals surface area contributed by atoms with Gasteiger partial charge < -0.3 is 20.1 Å². The first-order valence-corrected chi connectivity index (χ1v) is 7.65. The van der Waals surface area contributed by atoms with E-state index in [2.05, 4.69) is 17.6 Å². The molecule has 0 aromatic heterocycles. The normalized spacial score (nSPS) is 12.2. The first-order valence-electron chi connectivity index (χ1n) is 7.24. The van der Waals surface area contributed by atoms with Gasteiger partial charge in [-0.05, 0) is 30.8 Å². The molecule has 0 atom stereocenters. The molecule has 2 rings (SSSR count). The van der Waals surface area contributed by atoms with Crippen molar-refractivity contribution < 1.29 is 9.47 Å². The third-order valence-electron chi connectivity index (χ3n) is 3.20. The predicted octanol–water partition coefficient (Wildman–Crippen LogP) is 3.67. The molecule has 0 bridgehead atoms. The smallest absolute Gasteiger partial charge is 0.231 e. The number of rotatable bonds is 7. The molecule has 0 fully saturated rings. The molecule has 1 aliphatic heterocycles. The summed E-state index contributed by atoms with van der Waals surface area (Å²) in [6.45, 7) is 3.43. The molecule has 0 radical (unpaired) electrons. The van der Waals surface area contributed by atoms with Crippen molar-refractivity contribution in [1.82, 2.24) is 5.32 Å². The van der Waals surface area contributed by atoms with Gasteiger partial charge in [0.05, 0.1) is 0 Å². The van der Waals surface area contributed by atoms with Crippen LogP contribution in [0.25, 0.3) is 0 Å². The molecule has 2 N–H and O–H groups in total. The van der Waals surface area contributed by atoms with Crippen molar-refractivity contribution >= 4 is 23.0 Å². The van der Waals surface area contributed by atoms with Crippen molar-refractivity contribution in [3.8, 4) is 11.5 Å². The van der Waals surface area contributed by atoms with Gasteiger partial charge in [-0.3, -0.25) is 0 Å². The predicted molar refractivity (Wildman–Crippen MR) is 85.5 cm³/mol. The number of anilines is 1. The molecular formula is C15H22N2O2S. The maximum Gasteiger partial charge on any atom is 0.231 e. The van der Waals surface area contributed by atoms with Gasteiger partial charge in [0, 0.05) is 18.3 Å². The molecule has 1 aliphatic rings. The highest BCUT2D eigenvalue weighted by atomic mass is 32.1. The van der Waals surface area contributed by atoms with E-state index in [0.29, 0.717) is 11.9 Å². The van der Waals surface area contributed by atoms with E-state index in [9.17, 15) is 0 Å². The van der Waals surface area contributed by atoms with Gasteiger partial charge >= 0.3 is 0 Å². The van der Waals surface area contributed by atoms with E-state index < -0.39 is 0 Å². The van der Waals surface area contributed by atoms with Crippen LogP contribution in [0.15, 0.2) is 18.2 Å². The Kier molecular flexibility index (Phi) is 5.92. The van der Waals surface area contributed by atoms with Crippen LogP contribution in [0.3, 0.4) is 0 Å². The summed E-state index contributed by atoms with van der Waals surface area (Å²) in [4.78, 5) is 0. The number of fused-ring (bicyclic) bond motifs is 1. The Morgan fingerprint density at radius 2 is 1.95 bits per heavy atom. The number of thiocarbonyl (C=S) groups is 1. The minimum Gasteiger partial charge on any atom is -0.454 e. The van der Waals surface area contributed by atoms with E-state index in [4.69, 9.17) is 21.7 Å². The summed E-state index contributed by atoms with van der Waals surface area (Å²) >= 11 is 5.27. The molecule has 110 valence electrons. The van der Waals surface area contributed by atoms with Crippen LogP contribution in [0.1, 0.15) is 39.0 Å². The average Bonchev–Trinajstić information content (AvgIpc) is 2.90. The van der Waals surface area contributed by atoms with Gasteiger partial charge in [-0.1, -0.05) is 32.6 Å². The molecule has 0 amide bonds. The summed E-state index contributed by atoms with van der Waals surface area (Å²) in [6.07, 6.45) is 6.31. The lowest BCUT2D eigenvalue weighted by atomic mass is 10.1. The van der Waals surface area contributed by atoms with E-state index in [1.165, 1.54) is 25.7 Å². The highest BCUT2D eigenvalue weighted by Gasteiger charge is 2.13. The summed E-state index contributed by atoms with van der Waals surface area (Å²) in [7, 11) is 0. The fraction of sp³-hybridized carbons (Fsp3) is 0.533. The maximum atomic E-state index is 5.33. The summed E-state index contributed by atoms with van der Waals surface area (Å²) in [5, 5.41) is 7.03. The highest BCUT2D eigenvalue weighted by molar-refractivity contribution is 7.80. The number of unbranched alkanes of at least 4 members (excludes halogenated alkanes) is 4. The fourth-order valence-electron chi connectivity index (χ4n) is 2.08. The first kappa shape index (κ1) is 14.9. The zero-order valence-corrected chi connectivity index (χ0v) is 12.7. The summed E-state index contributed by atoms with van der Waals surface area (Å²) in [5.74, 6) is 1.54. The van der Waals surface area contributed by atoms with Gasteiger partial charge in [0.15, 0.2) is 16.6 Å². The second kappa shape index (κ2) is 7.94. The lowest BCUT2D eigenvalue weighted by Gasteiger charge is -2.10. The molecule has 20 heavy (non-hydrogen) atoms. The van der Waals surface area contributed by atoms with Gasteiger partial charge in [-0.2, -0.15) is 0 Å². The van der Waals surface area contributed by atoms with Crippen LogP contribution in [0, 0.1) is 0 Å². The lowest BCUT2D eigenvalue weighted by molar-refractivity contribution is 0.174. The van der Waals surface area contributed by atoms with E-state index in [1.54, 1.807) is 0 Å². The van der Waals surface area contributed by atoms with Gasteiger partial charge in [0.25, 0.3) is 0 Å². The van der Waals surface area contributed by atoms with Crippen LogP contribution in [0.4, 0.5) is 5.69 Å². The van der Waals surface area contributed by atoms with Crippen LogP contribution in [0.2, 0.25) is 0 Å². The Bertz CT molecular complexity index is 451. The third kappa shape index (κ3) is 4.56. The SMILES string of the molecule is CCCCCCCNC(=S)Nc1ccc2c(c1)OCO2. The van der Waals surface area contributed by atoms with Gasteiger partial charge in [0.1, 0.15) is 0 Å². The number of nitrogens with one attached hydrogen (secondary N) is 2. The molecule has 5 heteroatoms. The van der Waals surface area contributed by atoms with Gasteiger partial charge in [0.2, 0.25) is 6.79 Å². The van der Waals surface area contributed by atoms with E-state index in [-0.39, 0.29) is 0 Å². The van der Waals surface area contributed by atoms with Gasteiger partial charge in [-0.25, -0.2) is 0 Å². The molecule has 0 saturated heterocycles. The van der Waals surface area contributed by atoms with E-state index >= 15 is 0 Å². The van der Waals surface area contributed by atoms with Crippen molar-refractivity contribution in [2.45, 2.75) is 39.0 Å². The van der Waals surface area contributed by atoms with Crippen LogP contribution in [-0.2, 0) is 0 Å². The zero-order valence-electron chi connectivity index (χ0n) is 11.9. The highest BCUT2D eigenvalue weighted by Crippen LogP contribution is 2.34. The van der Waals surface area contributed by atoms with Crippen LogP contribution < -0.4 is 20.1 Å². The Hall–Kier alpha value is -1.49. The second-order valence-electron chi connectivity index (χ2n) is 4.86. The van der Waals surface area contributed by atoms with Crippen LogP contribution in [0.5, 0.6) is 11.5 Å². The number of ether oxygens (including phenoxy) is 2. The molecule has 1 aromatic carbocycles. The van der Waals surface area contributed by atoms with E-state index in [0.717, 1.165) is 30.2 Å². The Balaban J connectivity index is 1.67. The molecule has 0 unspecified atom stereocenters. The molecule has 0 spiro atoms. The molecule has 0 aliphatic carbocycles. The number of hydrogen-bond donors (Lipinski definition) is 2. The third-order valence-corrected chi connectivity index (χ3v) is 3.44. The lowest BCUT2D eigenvalue weighted by Crippen LogP contribution is -2.29. The van der Waals surface area contributed by atoms with E-state index in [1.807, 2.05) is 18.2 Å². The molecular weight excluding hydrogens is 272 g/mol.